The molecule has 1 saturated carbocycles. The number of nitriles is 1. The Bertz CT molecular complexity index is 555. The average Bonchev–Trinajstić information content (AvgIpc) is 2.44. The molecule has 3 rings (SSSR count). The summed E-state index contributed by atoms with van der Waals surface area (Å²) in [5.41, 5.74) is 0.507. The lowest BCUT2D eigenvalue weighted by atomic mass is 9.58. The molecule has 0 amide bonds. The highest BCUT2D eigenvalue weighted by Gasteiger charge is 2.58. The van der Waals surface area contributed by atoms with Crippen molar-refractivity contribution in [1.82, 2.24) is 4.98 Å². The number of pyridine rings is 1. The number of nitrogens with zero attached hydrogens (tertiary/aromatic N) is 3. The van der Waals surface area contributed by atoms with E-state index in [4.69, 9.17) is 5.26 Å². The third-order valence-corrected chi connectivity index (χ3v) is 4.90. The first-order chi connectivity index (χ1) is 9.94. The monoisotopic (exact) mass is 295 g/mol. The topological polar surface area (TPSA) is 39.9 Å². The van der Waals surface area contributed by atoms with Crippen molar-refractivity contribution >= 4 is 5.69 Å². The largest absolute Gasteiger partial charge is 0.392 e. The second-order valence-corrected chi connectivity index (χ2v) is 6.03. The smallest absolute Gasteiger partial charge is 0.370 e. The lowest BCUT2D eigenvalue weighted by Crippen LogP contribution is -2.56. The van der Waals surface area contributed by atoms with Gasteiger partial charge in [-0.05, 0) is 36.8 Å². The van der Waals surface area contributed by atoms with Gasteiger partial charge in [0.2, 0.25) is 0 Å². The Hall–Kier alpha value is -1.77. The van der Waals surface area contributed by atoms with Crippen LogP contribution >= 0.6 is 0 Å². The maximum atomic E-state index is 13.2. The molecule has 0 aromatic carbocycles. The molecule has 0 unspecified atom stereocenters. The van der Waals surface area contributed by atoms with Gasteiger partial charge < -0.3 is 4.90 Å². The van der Waals surface area contributed by atoms with Crippen molar-refractivity contribution in [2.75, 3.05) is 18.0 Å². The summed E-state index contributed by atoms with van der Waals surface area (Å²) in [5, 5.41) is 8.74. The van der Waals surface area contributed by atoms with Crippen molar-refractivity contribution in [3.8, 4) is 6.07 Å². The summed E-state index contributed by atoms with van der Waals surface area (Å²) in [6, 6.07) is 5.32. The SMILES string of the molecule is N#Cc1ccc(N2CC[C@@H](C(F)(F)F)C3(CCC3)C2)cn1. The molecule has 1 spiro atoms. The number of aromatic nitrogens is 1. The molecule has 1 saturated heterocycles. The maximum Gasteiger partial charge on any atom is 0.392 e. The second kappa shape index (κ2) is 4.90. The van der Waals surface area contributed by atoms with Crippen molar-refractivity contribution in [1.29, 1.82) is 5.26 Å². The van der Waals surface area contributed by atoms with E-state index < -0.39 is 17.5 Å². The van der Waals surface area contributed by atoms with Crippen molar-refractivity contribution in [3.63, 3.8) is 0 Å². The van der Waals surface area contributed by atoms with Gasteiger partial charge in [-0.3, -0.25) is 0 Å². The summed E-state index contributed by atoms with van der Waals surface area (Å²) in [6.07, 6.45) is -0.196. The molecule has 1 aliphatic heterocycles. The minimum atomic E-state index is -4.10. The first kappa shape index (κ1) is 14.2. The predicted molar refractivity (Wildman–Crippen MR) is 71.6 cm³/mol. The number of rotatable bonds is 1. The van der Waals surface area contributed by atoms with E-state index in [1.807, 2.05) is 11.0 Å². The van der Waals surface area contributed by atoms with Crippen LogP contribution in [0.4, 0.5) is 18.9 Å². The van der Waals surface area contributed by atoms with Gasteiger partial charge in [0, 0.05) is 13.1 Å². The summed E-state index contributed by atoms with van der Waals surface area (Å²) in [5.74, 6) is -1.18. The zero-order valence-corrected chi connectivity index (χ0v) is 11.5. The minimum absolute atomic E-state index is 0.142. The molecular weight excluding hydrogens is 279 g/mol. The van der Waals surface area contributed by atoms with Gasteiger partial charge in [0.05, 0.1) is 17.8 Å². The van der Waals surface area contributed by atoms with Gasteiger partial charge in [0.25, 0.3) is 0 Å². The highest BCUT2D eigenvalue weighted by molar-refractivity contribution is 5.47. The summed E-state index contributed by atoms with van der Waals surface area (Å²) in [4.78, 5) is 5.99. The average molecular weight is 295 g/mol. The van der Waals surface area contributed by atoms with Crippen LogP contribution in [0.3, 0.4) is 0 Å². The van der Waals surface area contributed by atoms with Gasteiger partial charge in [0.1, 0.15) is 11.8 Å². The number of halogens is 3. The zero-order chi connectivity index (χ0) is 15.1. The highest BCUT2D eigenvalue weighted by atomic mass is 19.4. The molecule has 0 N–H and O–H groups in total. The minimum Gasteiger partial charge on any atom is -0.370 e. The Kier molecular flexibility index (Phi) is 3.31. The molecule has 3 nitrogen and oxygen atoms in total. The molecule has 2 heterocycles. The van der Waals surface area contributed by atoms with Crippen LogP contribution in [0.2, 0.25) is 0 Å². The fourth-order valence-electron chi connectivity index (χ4n) is 3.67. The number of alkyl halides is 3. The van der Waals surface area contributed by atoms with Crippen LogP contribution < -0.4 is 4.90 Å². The Morgan fingerprint density at radius 2 is 2.10 bits per heavy atom. The highest BCUT2D eigenvalue weighted by Crippen LogP contribution is 2.56. The lowest BCUT2D eigenvalue weighted by Gasteiger charge is -2.54. The number of hydrogen-bond donors (Lipinski definition) is 0. The van der Waals surface area contributed by atoms with Gasteiger partial charge >= 0.3 is 6.18 Å². The van der Waals surface area contributed by atoms with Crippen LogP contribution in [0.15, 0.2) is 18.3 Å². The molecule has 1 aromatic rings. The number of hydrogen-bond acceptors (Lipinski definition) is 3. The van der Waals surface area contributed by atoms with Crippen molar-refractivity contribution in [3.05, 3.63) is 24.0 Å². The third kappa shape index (κ3) is 2.45. The second-order valence-electron chi connectivity index (χ2n) is 6.03. The summed E-state index contributed by atoms with van der Waals surface area (Å²) >= 11 is 0. The van der Waals surface area contributed by atoms with Crippen LogP contribution in [-0.4, -0.2) is 24.2 Å². The standard InChI is InChI=1S/C15H16F3N3/c16-15(17,18)13-4-7-21(10-14(13)5-1-6-14)12-3-2-11(8-19)20-9-12/h2-3,9,13H,1,4-7,10H2/t13-/m1/s1. The van der Waals surface area contributed by atoms with Crippen LogP contribution in [-0.2, 0) is 0 Å². The summed E-state index contributed by atoms with van der Waals surface area (Å²) in [7, 11) is 0. The van der Waals surface area contributed by atoms with Gasteiger partial charge in [-0.2, -0.15) is 18.4 Å². The normalized spacial score (nSPS) is 24.5. The Morgan fingerprint density at radius 1 is 1.33 bits per heavy atom. The van der Waals surface area contributed by atoms with E-state index in [-0.39, 0.29) is 6.42 Å². The Morgan fingerprint density at radius 3 is 2.57 bits per heavy atom. The molecular formula is C15H16F3N3. The van der Waals surface area contributed by atoms with Crippen molar-refractivity contribution in [2.24, 2.45) is 11.3 Å². The van der Waals surface area contributed by atoms with E-state index in [2.05, 4.69) is 4.98 Å². The van der Waals surface area contributed by atoms with Crippen LogP contribution in [0.25, 0.3) is 0 Å². The van der Waals surface area contributed by atoms with E-state index in [0.29, 0.717) is 31.6 Å². The molecule has 2 aliphatic rings. The van der Waals surface area contributed by atoms with Crippen LogP contribution in [0, 0.1) is 22.7 Å². The van der Waals surface area contributed by atoms with E-state index in [1.165, 1.54) is 0 Å². The van der Waals surface area contributed by atoms with E-state index in [0.717, 1.165) is 12.1 Å². The summed E-state index contributed by atoms with van der Waals surface area (Å²) < 4.78 is 39.7. The molecule has 2 fully saturated rings. The molecule has 1 atom stereocenters. The molecule has 21 heavy (non-hydrogen) atoms. The first-order valence-corrected chi connectivity index (χ1v) is 7.12. The van der Waals surface area contributed by atoms with Gasteiger partial charge in [0.15, 0.2) is 0 Å². The van der Waals surface area contributed by atoms with E-state index in [9.17, 15) is 13.2 Å². The van der Waals surface area contributed by atoms with Gasteiger partial charge in [-0.1, -0.05) is 6.42 Å². The quantitative estimate of drug-likeness (QED) is 0.796. The van der Waals surface area contributed by atoms with Crippen LogP contribution in [0.5, 0.6) is 0 Å². The van der Waals surface area contributed by atoms with Crippen LogP contribution in [0.1, 0.15) is 31.4 Å². The third-order valence-electron chi connectivity index (χ3n) is 4.90. The van der Waals surface area contributed by atoms with Crippen molar-refractivity contribution in [2.45, 2.75) is 31.9 Å². The Balaban J connectivity index is 1.80. The lowest BCUT2D eigenvalue weighted by molar-refractivity contribution is -0.225. The van der Waals surface area contributed by atoms with E-state index in [1.54, 1.807) is 18.3 Å². The maximum absolute atomic E-state index is 13.2. The molecule has 112 valence electrons. The molecule has 1 aliphatic carbocycles. The van der Waals surface area contributed by atoms with E-state index >= 15 is 0 Å². The van der Waals surface area contributed by atoms with Gasteiger partial charge in [-0.25, -0.2) is 4.98 Å². The van der Waals surface area contributed by atoms with Crippen molar-refractivity contribution < 1.29 is 13.2 Å². The Labute approximate surface area is 121 Å². The molecule has 0 radical (unpaired) electrons. The number of piperidine rings is 1. The summed E-state index contributed by atoms with van der Waals surface area (Å²) in [6.45, 7) is 0.824. The molecule has 6 heteroatoms. The predicted octanol–water partition coefficient (Wildman–Crippen LogP) is 3.51. The molecule has 0 bridgehead atoms. The fourth-order valence-corrected chi connectivity index (χ4v) is 3.67. The number of anilines is 1. The van der Waals surface area contributed by atoms with Gasteiger partial charge in [-0.15, -0.1) is 0 Å². The molecule has 1 aromatic heterocycles. The zero-order valence-electron chi connectivity index (χ0n) is 11.5. The first-order valence-electron chi connectivity index (χ1n) is 7.12. The fraction of sp³-hybridized carbons (Fsp3) is 0.600.